The highest BCUT2D eigenvalue weighted by Crippen LogP contribution is 2.19. The van der Waals surface area contributed by atoms with Crippen LogP contribution in [0.15, 0.2) is 52.4 Å². The van der Waals surface area contributed by atoms with Crippen LogP contribution in [0.25, 0.3) is 17.0 Å². The molecular formula is C17H16N2O2S. The van der Waals surface area contributed by atoms with Crippen LogP contribution in [0, 0.1) is 0 Å². The number of furan rings is 1. The molecule has 0 atom stereocenters. The third-order valence-corrected chi connectivity index (χ3v) is 4.19. The molecule has 5 heteroatoms. The summed E-state index contributed by atoms with van der Waals surface area (Å²) in [6, 6.07) is 9.71. The Balaban J connectivity index is 1.60. The number of benzene rings is 1. The van der Waals surface area contributed by atoms with Crippen molar-refractivity contribution in [2.45, 2.75) is 6.42 Å². The fourth-order valence-corrected chi connectivity index (χ4v) is 2.72. The van der Waals surface area contributed by atoms with E-state index in [1.54, 1.807) is 41.6 Å². The number of likely N-dealkylation sites (N-methyl/N-ethyl adjacent to an activating group) is 1. The summed E-state index contributed by atoms with van der Waals surface area (Å²) < 4.78 is 5.65. The predicted octanol–water partition coefficient (Wildman–Crippen LogP) is 3.60. The predicted molar refractivity (Wildman–Crippen MR) is 88.7 cm³/mol. The minimum atomic E-state index is -0.0444. The third kappa shape index (κ3) is 3.43. The smallest absolute Gasteiger partial charge is 0.246 e. The fourth-order valence-electron chi connectivity index (χ4n) is 2.12. The second-order valence-corrected chi connectivity index (χ2v) is 5.93. The van der Waals surface area contributed by atoms with Crippen LogP contribution >= 0.6 is 11.3 Å². The number of hydrogen-bond acceptors (Lipinski definition) is 4. The van der Waals surface area contributed by atoms with E-state index in [0.29, 0.717) is 12.3 Å². The molecule has 1 aromatic carbocycles. The van der Waals surface area contributed by atoms with E-state index in [-0.39, 0.29) is 5.91 Å². The Labute approximate surface area is 132 Å². The van der Waals surface area contributed by atoms with Gasteiger partial charge in [0.15, 0.2) is 0 Å². The monoisotopic (exact) mass is 312 g/mol. The summed E-state index contributed by atoms with van der Waals surface area (Å²) in [5.74, 6) is 0.639. The maximum Gasteiger partial charge on any atom is 0.246 e. The lowest BCUT2D eigenvalue weighted by molar-refractivity contribution is -0.124. The summed E-state index contributed by atoms with van der Waals surface area (Å²) in [6.45, 7) is 0.650. The van der Waals surface area contributed by atoms with Crippen molar-refractivity contribution in [2.75, 3.05) is 13.6 Å². The highest BCUT2D eigenvalue weighted by atomic mass is 32.1. The lowest BCUT2D eigenvalue weighted by atomic mass is 10.2. The molecule has 0 aliphatic carbocycles. The van der Waals surface area contributed by atoms with Gasteiger partial charge in [-0.3, -0.25) is 4.79 Å². The molecule has 0 aliphatic heterocycles. The van der Waals surface area contributed by atoms with Crippen molar-refractivity contribution >= 4 is 34.3 Å². The van der Waals surface area contributed by atoms with Gasteiger partial charge >= 0.3 is 0 Å². The number of thiazole rings is 1. The Morgan fingerprint density at radius 1 is 1.41 bits per heavy atom. The largest absolute Gasteiger partial charge is 0.457 e. The van der Waals surface area contributed by atoms with Gasteiger partial charge in [0.05, 0.1) is 5.01 Å². The zero-order valence-electron chi connectivity index (χ0n) is 12.2. The number of carbonyl (C=O) groups is 1. The van der Waals surface area contributed by atoms with Crippen LogP contribution in [-0.2, 0) is 11.2 Å². The highest BCUT2D eigenvalue weighted by molar-refractivity contribution is 7.09. The van der Waals surface area contributed by atoms with E-state index in [9.17, 15) is 4.79 Å². The molecule has 4 nitrogen and oxygen atoms in total. The Kier molecular flexibility index (Phi) is 4.34. The number of rotatable bonds is 5. The van der Waals surface area contributed by atoms with Crippen molar-refractivity contribution < 1.29 is 9.21 Å². The Morgan fingerprint density at radius 3 is 3.05 bits per heavy atom. The van der Waals surface area contributed by atoms with Gasteiger partial charge in [0, 0.05) is 43.1 Å². The first kappa shape index (κ1) is 14.5. The average molecular weight is 312 g/mol. The van der Waals surface area contributed by atoms with Crippen molar-refractivity contribution in [2.24, 2.45) is 0 Å². The molecule has 0 bridgehead atoms. The van der Waals surface area contributed by atoms with E-state index < -0.39 is 0 Å². The number of hydrogen-bond donors (Lipinski definition) is 0. The van der Waals surface area contributed by atoms with Crippen LogP contribution in [-0.4, -0.2) is 29.4 Å². The second kappa shape index (κ2) is 6.58. The van der Waals surface area contributed by atoms with Crippen LogP contribution in [0.1, 0.15) is 10.8 Å². The molecule has 0 N–H and O–H groups in total. The van der Waals surface area contributed by atoms with Gasteiger partial charge in [0.2, 0.25) is 5.91 Å². The Bertz CT molecular complexity index is 757. The average Bonchev–Trinajstić information content (AvgIpc) is 3.18. The van der Waals surface area contributed by atoms with Gasteiger partial charge in [-0.2, -0.15) is 0 Å². The maximum atomic E-state index is 12.1. The van der Waals surface area contributed by atoms with E-state index in [4.69, 9.17) is 4.42 Å². The number of carbonyl (C=O) groups excluding carboxylic acids is 1. The van der Waals surface area contributed by atoms with Crippen LogP contribution in [0.5, 0.6) is 0 Å². The molecule has 3 rings (SSSR count). The van der Waals surface area contributed by atoms with Gasteiger partial charge < -0.3 is 9.32 Å². The Morgan fingerprint density at radius 2 is 2.27 bits per heavy atom. The first-order valence-electron chi connectivity index (χ1n) is 7.02. The summed E-state index contributed by atoms with van der Waals surface area (Å²) in [5.41, 5.74) is 0.826. The maximum absolute atomic E-state index is 12.1. The standard InChI is InChI=1S/C17H16N2O2S/c1-19(10-8-16-18-9-11-22-16)17(20)7-6-14-12-13-4-2-3-5-15(13)21-14/h2-7,9,11-12H,8,10H2,1H3. The lowest BCUT2D eigenvalue weighted by Gasteiger charge is -2.13. The third-order valence-electron chi connectivity index (χ3n) is 3.36. The number of para-hydroxylation sites is 1. The minimum absolute atomic E-state index is 0.0444. The summed E-state index contributed by atoms with van der Waals surface area (Å²) in [7, 11) is 1.79. The summed E-state index contributed by atoms with van der Waals surface area (Å²) >= 11 is 1.61. The van der Waals surface area contributed by atoms with Crippen molar-refractivity contribution in [3.63, 3.8) is 0 Å². The van der Waals surface area contributed by atoms with Gasteiger partial charge in [0.25, 0.3) is 0 Å². The molecule has 0 unspecified atom stereocenters. The Hall–Kier alpha value is -2.40. The van der Waals surface area contributed by atoms with Crippen molar-refractivity contribution in [1.29, 1.82) is 0 Å². The lowest BCUT2D eigenvalue weighted by Crippen LogP contribution is -2.26. The van der Waals surface area contributed by atoms with Crippen LogP contribution < -0.4 is 0 Å². The number of fused-ring (bicyclic) bond motifs is 1. The zero-order valence-corrected chi connectivity index (χ0v) is 13.0. The number of aromatic nitrogens is 1. The summed E-state index contributed by atoms with van der Waals surface area (Å²) in [4.78, 5) is 18.0. The van der Waals surface area contributed by atoms with E-state index in [1.807, 2.05) is 35.7 Å². The minimum Gasteiger partial charge on any atom is -0.457 e. The molecule has 2 heterocycles. The molecule has 0 saturated carbocycles. The first-order chi connectivity index (χ1) is 10.7. The van der Waals surface area contributed by atoms with E-state index in [2.05, 4.69) is 4.98 Å². The normalized spacial score (nSPS) is 11.3. The molecule has 112 valence electrons. The van der Waals surface area contributed by atoms with Crippen LogP contribution in [0.2, 0.25) is 0 Å². The highest BCUT2D eigenvalue weighted by Gasteiger charge is 2.07. The molecule has 22 heavy (non-hydrogen) atoms. The zero-order chi connectivity index (χ0) is 15.4. The molecule has 0 fully saturated rings. The van der Waals surface area contributed by atoms with Crippen molar-refractivity contribution in [1.82, 2.24) is 9.88 Å². The van der Waals surface area contributed by atoms with Crippen LogP contribution in [0.4, 0.5) is 0 Å². The van der Waals surface area contributed by atoms with Crippen molar-refractivity contribution in [3.8, 4) is 0 Å². The van der Waals surface area contributed by atoms with Gasteiger partial charge in [-0.05, 0) is 18.2 Å². The number of amides is 1. The van der Waals surface area contributed by atoms with E-state index in [0.717, 1.165) is 22.4 Å². The molecule has 0 spiro atoms. The molecule has 2 aromatic heterocycles. The molecule has 1 amide bonds. The second-order valence-electron chi connectivity index (χ2n) is 4.96. The SMILES string of the molecule is CN(CCc1nccs1)C(=O)C=Cc1cc2ccccc2o1. The molecule has 0 aliphatic rings. The molecule has 0 saturated heterocycles. The first-order valence-corrected chi connectivity index (χ1v) is 7.90. The van der Waals surface area contributed by atoms with Gasteiger partial charge in [0.1, 0.15) is 11.3 Å². The topological polar surface area (TPSA) is 46.3 Å². The van der Waals surface area contributed by atoms with Crippen molar-refractivity contribution in [3.05, 3.63) is 58.8 Å². The van der Waals surface area contributed by atoms with Gasteiger partial charge in [-0.1, -0.05) is 18.2 Å². The van der Waals surface area contributed by atoms with E-state index in [1.165, 1.54) is 0 Å². The fraction of sp³-hybridized carbons (Fsp3) is 0.176. The van der Waals surface area contributed by atoms with Crippen LogP contribution in [0.3, 0.4) is 0 Å². The number of nitrogens with zero attached hydrogens (tertiary/aromatic N) is 2. The molecule has 0 radical (unpaired) electrons. The van der Waals surface area contributed by atoms with E-state index >= 15 is 0 Å². The molecule has 3 aromatic rings. The van der Waals surface area contributed by atoms with Gasteiger partial charge in [-0.25, -0.2) is 4.98 Å². The van der Waals surface area contributed by atoms with Gasteiger partial charge in [-0.15, -0.1) is 11.3 Å². The quantitative estimate of drug-likeness (QED) is 0.676. The summed E-state index contributed by atoms with van der Waals surface area (Å²) in [6.07, 6.45) is 5.81. The summed E-state index contributed by atoms with van der Waals surface area (Å²) in [5, 5.41) is 4.02. The molecular weight excluding hydrogens is 296 g/mol.